The molecule has 4 rings (SSSR count). The lowest BCUT2D eigenvalue weighted by molar-refractivity contribution is -0.137. The summed E-state index contributed by atoms with van der Waals surface area (Å²) in [6.07, 6.45) is 0.806. The highest BCUT2D eigenvalue weighted by Crippen LogP contribution is 2.36. The predicted molar refractivity (Wildman–Crippen MR) is 107 cm³/mol. The van der Waals surface area contributed by atoms with Gasteiger partial charge in [0.25, 0.3) is 0 Å². The van der Waals surface area contributed by atoms with E-state index in [4.69, 9.17) is 4.52 Å². The molecule has 0 atom stereocenters. The maximum absolute atomic E-state index is 13.2. The van der Waals surface area contributed by atoms with E-state index in [1.54, 1.807) is 24.5 Å². The topological polar surface area (TPSA) is 84.1 Å². The maximum atomic E-state index is 13.2. The van der Waals surface area contributed by atoms with Crippen molar-refractivity contribution in [3.8, 4) is 11.4 Å². The van der Waals surface area contributed by atoms with Crippen molar-refractivity contribution in [2.75, 3.05) is 23.3 Å². The quantitative estimate of drug-likeness (QED) is 0.626. The van der Waals surface area contributed by atoms with Crippen LogP contribution in [0.1, 0.15) is 30.7 Å². The molecule has 1 aliphatic rings. The highest BCUT2D eigenvalue weighted by atomic mass is 19.4. The fourth-order valence-corrected chi connectivity index (χ4v) is 3.45. The van der Waals surface area contributed by atoms with E-state index >= 15 is 0 Å². The Hall–Kier alpha value is -3.43. The number of alkyl halides is 3. The van der Waals surface area contributed by atoms with Crippen LogP contribution in [0.25, 0.3) is 11.4 Å². The SMILES string of the molecule is O=C(CCc1nc(-c2ccncc2)no1)Nc1cc(C(F)(F)F)ccc1N1CCCC1. The zero-order valence-corrected chi connectivity index (χ0v) is 16.5. The van der Waals surface area contributed by atoms with Gasteiger partial charge in [-0.2, -0.15) is 18.2 Å². The van der Waals surface area contributed by atoms with E-state index in [1.807, 2.05) is 4.90 Å². The number of amides is 1. The van der Waals surface area contributed by atoms with Crippen molar-refractivity contribution < 1.29 is 22.5 Å². The van der Waals surface area contributed by atoms with Gasteiger partial charge in [0.1, 0.15) is 0 Å². The molecule has 1 saturated heterocycles. The number of nitrogens with one attached hydrogen (secondary N) is 1. The minimum absolute atomic E-state index is 0.00629. The van der Waals surface area contributed by atoms with Gasteiger partial charge >= 0.3 is 6.18 Å². The molecular formula is C21H20F3N5O2. The van der Waals surface area contributed by atoms with Crippen LogP contribution in [0.4, 0.5) is 24.5 Å². The van der Waals surface area contributed by atoms with Crippen LogP contribution in [0.15, 0.2) is 47.2 Å². The number of anilines is 2. The number of rotatable bonds is 6. The standard InChI is InChI=1S/C21H20F3N5O2/c22-21(23,24)15-3-4-17(29-11-1-2-12-29)16(13-15)26-18(30)5-6-19-27-20(28-31-19)14-7-9-25-10-8-14/h3-4,7-10,13H,1-2,5-6,11-12H2,(H,26,30). The number of nitrogens with zero attached hydrogens (tertiary/aromatic N) is 4. The third-order valence-corrected chi connectivity index (χ3v) is 5.02. The summed E-state index contributed by atoms with van der Waals surface area (Å²) in [6.45, 7) is 1.49. The van der Waals surface area contributed by atoms with E-state index in [9.17, 15) is 18.0 Å². The molecule has 31 heavy (non-hydrogen) atoms. The van der Waals surface area contributed by atoms with Gasteiger partial charge in [-0.25, -0.2) is 0 Å². The van der Waals surface area contributed by atoms with E-state index in [2.05, 4.69) is 20.4 Å². The summed E-state index contributed by atoms with van der Waals surface area (Å²) in [5.74, 6) is 0.223. The van der Waals surface area contributed by atoms with Crippen molar-refractivity contribution in [1.82, 2.24) is 15.1 Å². The highest BCUT2D eigenvalue weighted by Gasteiger charge is 2.32. The summed E-state index contributed by atoms with van der Waals surface area (Å²) >= 11 is 0. The molecule has 1 aliphatic heterocycles. The molecule has 3 heterocycles. The van der Waals surface area contributed by atoms with Crippen LogP contribution in [0, 0.1) is 0 Å². The Bertz CT molecular complexity index is 1050. The number of pyridine rings is 1. The molecule has 0 radical (unpaired) electrons. The van der Waals surface area contributed by atoms with Crippen LogP contribution in [0.2, 0.25) is 0 Å². The fraction of sp³-hybridized carbons (Fsp3) is 0.333. The maximum Gasteiger partial charge on any atom is 0.416 e. The molecule has 0 saturated carbocycles. The van der Waals surface area contributed by atoms with E-state index in [-0.39, 0.29) is 24.4 Å². The van der Waals surface area contributed by atoms with Crippen molar-refractivity contribution in [3.05, 3.63) is 54.2 Å². The van der Waals surface area contributed by atoms with Crippen LogP contribution in [0.5, 0.6) is 0 Å². The molecule has 162 valence electrons. The van der Waals surface area contributed by atoms with E-state index in [0.29, 0.717) is 11.5 Å². The first kappa shape index (κ1) is 20.8. The number of benzene rings is 1. The van der Waals surface area contributed by atoms with Gasteiger partial charge < -0.3 is 14.7 Å². The van der Waals surface area contributed by atoms with Gasteiger partial charge in [0.2, 0.25) is 17.6 Å². The van der Waals surface area contributed by atoms with Crippen LogP contribution in [0.3, 0.4) is 0 Å². The third kappa shape index (κ3) is 5.01. The monoisotopic (exact) mass is 431 g/mol. The van der Waals surface area contributed by atoms with Crippen molar-refractivity contribution in [2.24, 2.45) is 0 Å². The fourth-order valence-electron chi connectivity index (χ4n) is 3.45. The first-order valence-corrected chi connectivity index (χ1v) is 9.89. The smallest absolute Gasteiger partial charge is 0.370 e. The molecule has 0 spiro atoms. The van der Waals surface area contributed by atoms with Crippen LogP contribution < -0.4 is 10.2 Å². The minimum Gasteiger partial charge on any atom is -0.370 e. The number of hydrogen-bond acceptors (Lipinski definition) is 6. The van der Waals surface area contributed by atoms with Crippen molar-refractivity contribution in [1.29, 1.82) is 0 Å². The second kappa shape index (κ2) is 8.75. The summed E-state index contributed by atoms with van der Waals surface area (Å²) in [4.78, 5) is 22.6. The highest BCUT2D eigenvalue weighted by molar-refractivity contribution is 5.94. The molecule has 1 aromatic carbocycles. The largest absolute Gasteiger partial charge is 0.416 e. The van der Waals surface area contributed by atoms with E-state index < -0.39 is 17.6 Å². The summed E-state index contributed by atoms with van der Waals surface area (Å²) in [5.41, 5.74) is 0.680. The van der Waals surface area contributed by atoms with Crippen molar-refractivity contribution in [2.45, 2.75) is 31.9 Å². The molecule has 7 nitrogen and oxygen atoms in total. The second-order valence-electron chi connectivity index (χ2n) is 7.22. The Balaban J connectivity index is 1.44. The minimum atomic E-state index is -4.49. The zero-order valence-electron chi connectivity index (χ0n) is 16.5. The van der Waals surface area contributed by atoms with Crippen molar-refractivity contribution >= 4 is 17.3 Å². The lowest BCUT2D eigenvalue weighted by Crippen LogP contribution is -2.22. The normalized spacial score (nSPS) is 14.1. The number of aryl methyl sites for hydroxylation is 1. The van der Waals surface area contributed by atoms with Gasteiger partial charge in [0.05, 0.1) is 16.9 Å². The Morgan fingerprint density at radius 1 is 1.13 bits per heavy atom. The lowest BCUT2D eigenvalue weighted by atomic mass is 10.1. The molecule has 1 N–H and O–H groups in total. The molecule has 2 aromatic heterocycles. The Morgan fingerprint density at radius 2 is 1.87 bits per heavy atom. The van der Waals surface area contributed by atoms with Gasteiger partial charge in [-0.15, -0.1) is 0 Å². The zero-order chi connectivity index (χ0) is 21.8. The molecule has 0 bridgehead atoms. The summed E-state index contributed by atoms with van der Waals surface area (Å²) in [6, 6.07) is 6.91. The number of carbonyl (C=O) groups excluding carboxylic acids is 1. The van der Waals surface area contributed by atoms with Gasteiger partial charge in [0, 0.05) is 43.9 Å². The Morgan fingerprint density at radius 3 is 2.58 bits per heavy atom. The van der Waals surface area contributed by atoms with Gasteiger partial charge in [-0.1, -0.05) is 5.16 Å². The Labute approximate surface area is 176 Å². The predicted octanol–water partition coefficient (Wildman–Crippen LogP) is 4.32. The second-order valence-corrected chi connectivity index (χ2v) is 7.22. The molecule has 10 heteroatoms. The number of hydrogen-bond donors (Lipinski definition) is 1. The number of aromatic nitrogens is 3. The van der Waals surface area contributed by atoms with E-state index in [1.165, 1.54) is 6.07 Å². The van der Waals surface area contributed by atoms with Gasteiger partial charge in [0.15, 0.2) is 0 Å². The van der Waals surface area contributed by atoms with Crippen LogP contribution in [-0.2, 0) is 17.4 Å². The average Bonchev–Trinajstić information content (AvgIpc) is 3.45. The molecule has 1 amide bonds. The molecular weight excluding hydrogens is 411 g/mol. The number of halogens is 3. The van der Waals surface area contributed by atoms with Gasteiger partial charge in [-0.3, -0.25) is 9.78 Å². The molecule has 0 aliphatic carbocycles. The third-order valence-electron chi connectivity index (χ3n) is 5.02. The first-order valence-electron chi connectivity index (χ1n) is 9.89. The summed E-state index contributed by atoms with van der Waals surface area (Å²) in [7, 11) is 0. The van der Waals surface area contributed by atoms with E-state index in [0.717, 1.165) is 43.6 Å². The molecule has 1 fully saturated rings. The molecule has 0 unspecified atom stereocenters. The summed E-state index contributed by atoms with van der Waals surface area (Å²) < 4.78 is 44.7. The van der Waals surface area contributed by atoms with Gasteiger partial charge in [-0.05, 0) is 43.2 Å². The number of carbonyl (C=O) groups is 1. The summed E-state index contributed by atoms with van der Waals surface area (Å²) in [5, 5.41) is 6.51. The lowest BCUT2D eigenvalue weighted by Gasteiger charge is -2.23. The average molecular weight is 431 g/mol. The first-order chi connectivity index (χ1) is 14.9. The Kier molecular flexibility index (Phi) is 5.88. The van der Waals surface area contributed by atoms with Crippen LogP contribution >= 0.6 is 0 Å². The molecule has 3 aromatic rings. The van der Waals surface area contributed by atoms with Crippen molar-refractivity contribution in [3.63, 3.8) is 0 Å². The van der Waals surface area contributed by atoms with Crippen LogP contribution in [-0.4, -0.2) is 34.1 Å².